The van der Waals surface area contributed by atoms with Crippen molar-refractivity contribution in [3.63, 3.8) is 0 Å². The van der Waals surface area contributed by atoms with E-state index in [0.717, 1.165) is 35.5 Å². The number of methoxy groups -OCH3 is 1. The Morgan fingerprint density at radius 3 is 2.57 bits per heavy atom. The first-order chi connectivity index (χ1) is 13.3. The highest BCUT2D eigenvalue weighted by Gasteiger charge is 2.77. The molecule has 1 heteroatoms. The predicted octanol–water partition coefficient (Wildman–Crippen LogP) is 7.26. The van der Waals surface area contributed by atoms with Gasteiger partial charge >= 0.3 is 0 Å². The third-order valence-corrected chi connectivity index (χ3v) is 11.6. The summed E-state index contributed by atoms with van der Waals surface area (Å²) in [5.41, 5.74) is 3.30. The summed E-state index contributed by atoms with van der Waals surface area (Å²) in [5.74, 6) is 5.48. The Morgan fingerprint density at radius 1 is 1.11 bits per heavy atom. The fraction of sp³-hybridized carbons (Fsp3) is 0.926. The van der Waals surface area contributed by atoms with Crippen LogP contribution in [-0.4, -0.2) is 13.2 Å². The second kappa shape index (κ2) is 6.35. The fourth-order valence-electron chi connectivity index (χ4n) is 10.2. The quantitative estimate of drug-likeness (QED) is 0.463. The van der Waals surface area contributed by atoms with E-state index in [4.69, 9.17) is 4.74 Å². The molecule has 0 aromatic carbocycles. The number of allylic oxidation sites excluding steroid dienone is 2. The van der Waals surface area contributed by atoms with Crippen LogP contribution in [-0.2, 0) is 4.74 Å². The smallest absolute Gasteiger partial charge is 0.0638 e. The normalized spacial score (nSPS) is 55.9. The van der Waals surface area contributed by atoms with Gasteiger partial charge in [0.2, 0.25) is 0 Å². The maximum absolute atomic E-state index is 6.28. The highest BCUT2D eigenvalue weighted by Crippen LogP contribution is 2.82. The van der Waals surface area contributed by atoms with Crippen LogP contribution in [0.1, 0.15) is 92.4 Å². The molecule has 10 atom stereocenters. The van der Waals surface area contributed by atoms with Crippen LogP contribution in [0.4, 0.5) is 0 Å². The van der Waals surface area contributed by atoms with Crippen LogP contribution >= 0.6 is 0 Å². The fourth-order valence-corrected chi connectivity index (χ4v) is 10.2. The first kappa shape index (κ1) is 19.7. The minimum absolute atomic E-state index is 0.548. The molecule has 5 aliphatic rings. The van der Waals surface area contributed by atoms with Crippen molar-refractivity contribution in [2.45, 2.75) is 98.5 Å². The van der Waals surface area contributed by atoms with Crippen molar-refractivity contribution in [1.29, 1.82) is 0 Å². The Hall–Kier alpha value is -0.300. The average Bonchev–Trinajstić information content (AvgIpc) is 3.18. The van der Waals surface area contributed by atoms with Gasteiger partial charge in [-0.05, 0) is 111 Å². The van der Waals surface area contributed by atoms with E-state index in [1.54, 1.807) is 5.57 Å². The van der Waals surface area contributed by atoms with Gasteiger partial charge < -0.3 is 4.74 Å². The van der Waals surface area contributed by atoms with Gasteiger partial charge in [-0.3, -0.25) is 0 Å². The van der Waals surface area contributed by atoms with Crippen LogP contribution in [0, 0.1) is 51.8 Å². The number of fused-ring (bicyclic) bond motifs is 4. The largest absolute Gasteiger partial charge is 0.381 e. The molecule has 1 nitrogen and oxygen atoms in total. The molecule has 5 fully saturated rings. The molecule has 0 bridgehead atoms. The van der Waals surface area contributed by atoms with Crippen molar-refractivity contribution in [2.75, 3.05) is 7.11 Å². The van der Waals surface area contributed by atoms with Gasteiger partial charge in [0, 0.05) is 12.5 Å². The lowest BCUT2D eigenvalue weighted by Gasteiger charge is -2.61. The average molecular weight is 385 g/mol. The molecule has 0 N–H and O–H groups in total. The van der Waals surface area contributed by atoms with Crippen molar-refractivity contribution in [2.24, 2.45) is 51.8 Å². The molecule has 0 unspecified atom stereocenters. The zero-order chi connectivity index (χ0) is 19.9. The van der Waals surface area contributed by atoms with Crippen LogP contribution in [0.2, 0.25) is 0 Å². The van der Waals surface area contributed by atoms with Gasteiger partial charge in [-0.25, -0.2) is 0 Å². The van der Waals surface area contributed by atoms with Crippen molar-refractivity contribution in [3.05, 3.63) is 11.6 Å². The third-order valence-electron chi connectivity index (χ3n) is 11.6. The Morgan fingerprint density at radius 2 is 1.89 bits per heavy atom. The van der Waals surface area contributed by atoms with Crippen LogP contribution in [0.15, 0.2) is 11.6 Å². The van der Waals surface area contributed by atoms with Gasteiger partial charge in [0.05, 0.1) is 6.10 Å². The maximum Gasteiger partial charge on any atom is 0.0638 e. The standard InChI is InChI=1S/C27H44O/c1-7-17(2)14-18(3)21-8-9-22-20-15-24(28-6)27-16-19(27)10-13-26(27,5)23(20)11-12-25(21,22)4/h14,18-24H,7-13,15-16H2,1-6H3/b17-14+/t18-,19+,20+,21-,22+,23+,24-,25-,26-,27+/m1/s1. The Kier molecular flexibility index (Phi) is 4.46. The van der Waals surface area contributed by atoms with E-state index in [0.29, 0.717) is 22.3 Å². The molecular formula is C27H44O. The van der Waals surface area contributed by atoms with Gasteiger partial charge in [0.15, 0.2) is 0 Å². The first-order valence-electron chi connectivity index (χ1n) is 12.5. The highest BCUT2D eigenvalue weighted by atomic mass is 16.5. The summed E-state index contributed by atoms with van der Waals surface area (Å²) in [6.07, 6.45) is 16.1. The summed E-state index contributed by atoms with van der Waals surface area (Å²) >= 11 is 0. The molecule has 158 valence electrons. The maximum atomic E-state index is 6.28. The molecular weight excluding hydrogens is 340 g/mol. The van der Waals surface area contributed by atoms with Crippen molar-refractivity contribution in [1.82, 2.24) is 0 Å². The molecule has 5 saturated carbocycles. The minimum atomic E-state index is 0.548. The summed E-state index contributed by atoms with van der Waals surface area (Å²) in [5, 5.41) is 0. The molecule has 0 saturated heterocycles. The van der Waals surface area contributed by atoms with Crippen LogP contribution in [0.25, 0.3) is 0 Å². The van der Waals surface area contributed by atoms with Gasteiger partial charge in [-0.2, -0.15) is 0 Å². The molecule has 0 aliphatic heterocycles. The monoisotopic (exact) mass is 384 g/mol. The van der Waals surface area contributed by atoms with E-state index >= 15 is 0 Å². The third kappa shape index (κ3) is 2.29. The molecule has 0 amide bonds. The summed E-state index contributed by atoms with van der Waals surface area (Å²) in [6, 6.07) is 0. The van der Waals surface area contributed by atoms with E-state index < -0.39 is 0 Å². The molecule has 0 radical (unpaired) electrons. The lowest BCUT2D eigenvalue weighted by molar-refractivity contribution is -0.160. The Balaban J connectivity index is 1.44. The zero-order valence-corrected chi connectivity index (χ0v) is 19.4. The molecule has 0 aromatic rings. The second-order valence-electron chi connectivity index (χ2n) is 12.2. The van der Waals surface area contributed by atoms with Gasteiger partial charge in [0.25, 0.3) is 0 Å². The number of ether oxygens (including phenoxy) is 1. The Labute approximate surface area is 174 Å². The summed E-state index contributed by atoms with van der Waals surface area (Å²) in [4.78, 5) is 0. The summed E-state index contributed by atoms with van der Waals surface area (Å²) < 4.78 is 6.28. The van der Waals surface area contributed by atoms with Crippen molar-refractivity contribution in [3.8, 4) is 0 Å². The van der Waals surface area contributed by atoms with Gasteiger partial charge in [-0.15, -0.1) is 0 Å². The molecule has 5 rings (SSSR count). The van der Waals surface area contributed by atoms with E-state index in [-0.39, 0.29) is 0 Å². The zero-order valence-electron chi connectivity index (χ0n) is 19.4. The van der Waals surface area contributed by atoms with E-state index in [9.17, 15) is 0 Å². The molecule has 0 aromatic heterocycles. The topological polar surface area (TPSA) is 9.23 Å². The van der Waals surface area contributed by atoms with Gasteiger partial charge in [0.1, 0.15) is 0 Å². The Bertz CT molecular complexity index is 665. The lowest BCUT2D eigenvalue weighted by atomic mass is 9.45. The van der Waals surface area contributed by atoms with Crippen molar-refractivity contribution < 1.29 is 4.74 Å². The molecule has 1 spiro atoms. The summed E-state index contributed by atoms with van der Waals surface area (Å²) in [6.45, 7) is 12.6. The molecule has 28 heavy (non-hydrogen) atoms. The summed E-state index contributed by atoms with van der Waals surface area (Å²) in [7, 11) is 2.02. The predicted molar refractivity (Wildman–Crippen MR) is 117 cm³/mol. The number of hydrogen-bond acceptors (Lipinski definition) is 1. The minimum Gasteiger partial charge on any atom is -0.381 e. The number of hydrogen-bond donors (Lipinski definition) is 0. The number of rotatable bonds is 4. The van der Waals surface area contributed by atoms with Crippen LogP contribution in [0.5, 0.6) is 0 Å². The van der Waals surface area contributed by atoms with Gasteiger partial charge in [-0.1, -0.05) is 39.3 Å². The SMILES string of the molecule is CC/C(C)=C/[C@@H](C)[C@H]1CC[C@H]2[C@@H]3C[C@@H](OC)[C@]45C[C@@H]4CC[C@]5(C)[C@H]3CC[C@]12C. The first-order valence-corrected chi connectivity index (χ1v) is 12.5. The van der Waals surface area contributed by atoms with E-state index in [1.165, 1.54) is 57.8 Å². The molecule has 0 heterocycles. The van der Waals surface area contributed by atoms with E-state index in [2.05, 4.69) is 40.7 Å². The lowest BCUT2D eigenvalue weighted by Crippen LogP contribution is -2.57. The van der Waals surface area contributed by atoms with Crippen molar-refractivity contribution >= 4 is 0 Å². The highest BCUT2D eigenvalue weighted by molar-refractivity contribution is 5.26. The van der Waals surface area contributed by atoms with Crippen LogP contribution in [0.3, 0.4) is 0 Å². The van der Waals surface area contributed by atoms with Crippen LogP contribution < -0.4 is 0 Å². The molecule has 5 aliphatic carbocycles. The second-order valence-corrected chi connectivity index (χ2v) is 12.2. The van der Waals surface area contributed by atoms with E-state index in [1.807, 2.05) is 7.11 Å².